The topological polar surface area (TPSA) is 16.1 Å². The van der Waals surface area contributed by atoms with Crippen LogP contribution in [0.3, 0.4) is 0 Å². The second-order valence-corrected chi connectivity index (χ2v) is 8.02. The van der Waals surface area contributed by atoms with Crippen molar-refractivity contribution in [2.75, 3.05) is 4.90 Å². The van der Waals surface area contributed by atoms with Crippen LogP contribution in [0.5, 0.6) is 0 Å². The van der Waals surface area contributed by atoms with Crippen molar-refractivity contribution in [1.82, 2.24) is 4.98 Å². The highest BCUT2D eigenvalue weighted by molar-refractivity contribution is 5.98. The summed E-state index contributed by atoms with van der Waals surface area (Å²) in [4.78, 5) is 7.25. The van der Waals surface area contributed by atoms with Gasteiger partial charge in [-0.15, -0.1) is 0 Å². The van der Waals surface area contributed by atoms with Crippen LogP contribution in [0.15, 0.2) is 72.9 Å². The van der Waals surface area contributed by atoms with Crippen molar-refractivity contribution in [2.24, 2.45) is 0 Å². The third-order valence-electron chi connectivity index (χ3n) is 6.51. The van der Waals surface area contributed by atoms with E-state index in [4.69, 9.17) is 4.98 Å². The minimum atomic E-state index is 0.913. The van der Waals surface area contributed by atoms with Crippen LogP contribution in [0.2, 0.25) is 0 Å². The summed E-state index contributed by atoms with van der Waals surface area (Å²) in [5.74, 6) is 0. The summed E-state index contributed by atoms with van der Waals surface area (Å²) in [6, 6.07) is 24.6. The van der Waals surface area contributed by atoms with E-state index in [1.807, 2.05) is 6.20 Å². The molecule has 0 amide bonds. The molecule has 0 radical (unpaired) electrons. The van der Waals surface area contributed by atoms with Gasteiger partial charge >= 0.3 is 0 Å². The number of fused-ring (bicyclic) bond motifs is 8. The third kappa shape index (κ3) is 1.75. The van der Waals surface area contributed by atoms with Crippen molar-refractivity contribution in [1.29, 1.82) is 0 Å². The zero-order chi connectivity index (χ0) is 18.2. The monoisotopic (exact) mass is 358 g/mol. The highest BCUT2D eigenvalue weighted by Gasteiger charge is 2.35. The maximum atomic E-state index is 4.74. The van der Waals surface area contributed by atoms with Gasteiger partial charge in [0, 0.05) is 24.6 Å². The van der Waals surface area contributed by atoms with Crippen molar-refractivity contribution in [3.63, 3.8) is 0 Å². The number of benzene rings is 3. The lowest BCUT2D eigenvalue weighted by atomic mass is 9.85. The molecule has 3 aromatic carbocycles. The summed E-state index contributed by atoms with van der Waals surface area (Å²) in [6.07, 6.45) is 4.86. The molecule has 7 rings (SSSR count). The van der Waals surface area contributed by atoms with Gasteiger partial charge in [-0.25, -0.2) is 0 Å². The predicted octanol–water partition coefficient (Wildman–Crippen LogP) is 5.93. The van der Waals surface area contributed by atoms with Crippen LogP contribution in [0.25, 0.3) is 11.1 Å². The molecule has 0 N–H and O–H groups in total. The standard InChI is InChI=1S/C26H18N2/c1-2-8-21-16(5-1)13-17-10-11-20-14-18-6-3-7-19-15-22-23(9-4-12-27-22)28(25(18)19)26(20)24(17)21/h1-12H,13-15H2. The van der Waals surface area contributed by atoms with Gasteiger partial charge in [0.25, 0.3) is 0 Å². The Bertz CT molecular complexity index is 1290. The van der Waals surface area contributed by atoms with Crippen molar-refractivity contribution in [3.8, 4) is 11.1 Å². The van der Waals surface area contributed by atoms with Crippen molar-refractivity contribution in [3.05, 3.63) is 106 Å². The summed E-state index contributed by atoms with van der Waals surface area (Å²) in [5.41, 5.74) is 15.1. The van der Waals surface area contributed by atoms with Crippen LogP contribution >= 0.6 is 0 Å². The molecule has 0 spiro atoms. The van der Waals surface area contributed by atoms with E-state index in [0.717, 1.165) is 19.3 Å². The molecular weight excluding hydrogens is 340 g/mol. The van der Waals surface area contributed by atoms with Gasteiger partial charge in [-0.05, 0) is 51.9 Å². The quantitative estimate of drug-likeness (QED) is 0.334. The van der Waals surface area contributed by atoms with E-state index in [-0.39, 0.29) is 0 Å². The molecule has 3 aliphatic rings. The second-order valence-electron chi connectivity index (χ2n) is 8.02. The number of aromatic nitrogens is 1. The van der Waals surface area contributed by atoms with E-state index in [0.29, 0.717) is 0 Å². The summed E-state index contributed by atoms with van der Waals surface area (Å²) in [7, 11) is 0. The van der Waals surface area contributed by atoms with Crippen LogP contribution in [0.1, 0.15) is 33.5 Å². The highest BCUT2D eigenvalue weighted by Crippen LogP contribution is 2.55. The molecule has 1 aromatic heterocycles. The molecule has 3 heterocycles. The second kappa shape index (κ2) is 5.11. The first kappa shape index (κ1) is 14.6. The minimum absolute atomic E-state index is 0.913. The summed E-state index contributed by atoms with van der Waals surface area (Å²) in [5, 5.41) is 0. The molecule has 2 aliphatic heterocycles. The zero-order valence-electron chi connectivity index (χ0n) is 15.4. The predicted molar refractivity (Wildman–Crippen MR) is 113 cm³/mol. The lowest BCUT2D eigenvalue weighted by Crippen LogP contribution is -2.25. The Hall–Kier alpha value is -3.39. The fraction of sp³-hybridized carbons (Fsp3) is 0.115. The molecule has 0 saturated carbocycles. The maximum Gasteiger partial charge on any atom is 0.0688 e. The van der Waals surface area contributed by atoms with Crippen LogP contribution in [0.4, 0.5) is 17.1 Å². The number of hydrogen-bond acceptors (Lipinski definition) is 2. The molecule has 4 aromatic rings. The van der Waals surface area contributed by atoms with E-state index < -0.39 is 0 Å². The molecule has 0 atom stereocenters. The molecule has 0 fully saturated rings. The average molecular weight is 358 g/mol. The smallest absolute Gasteiger partial charge is 0.0688 e. The molecule has 2 nitrogen and oxygen atoms in total. The first-order valence-corrected chi connectivity index (χ1v) is 9.96. The van der Waals surface area contributed by atoms with Crippen LogP contribution in [-0.2, 0) is 19.3 Å². The zero-order valence-corrected chi connectivity index (χ0v) is 15.4. The van der Waals surface area contributed by atoms with Crippen LogP contribution in [0, 0.1) is 0 Å². The fourth-order valence-electron chi connectivity index (χ4n) is 5.37. The average Bonchev–Trinajstić information content (AvgIpc) is 3.12. The number of hydrogen-bond donors (Lipinski definition) is 0. The molecule has 0 bridgehead atoms. The number of anilines is 3. The lowest BCUT2D eigenvalue weighted by Gasteiger charge is -2.40. The Labute approximate surface area is 164 Å². The van der Waals surface area contributed by atoms with Gasteiger partial charge in [0.15, 0.2) is 0 Å². The molecule has 2 heteroatoms. The normalized spacial score (nSPS) is 14.6. The van der Waals surface area contributed by atoms with E-state index in [2.05, 4.69) is 71.6 Å². The number of pyridine rings is 1. The SMILES string of the molecule is c1ccc2c(c1)Cc1ccc3c(c1-2)N1c2cccnc2Cc2cccc(c21)C3. The Morgan fingerprint density at radius 1 is 0.607 bits per heavy atom. The Morgan fingerprint density at radius 3 is 2.32 bits per heavy atom. The molecule has 0 saturated heterocycles. The summed E-state index contributed by atoms with van der Waals surface area (Å²) >= 11 is 0. The van der Waals surface area contributed by atoms with E-state index in [1.54, 1.807) is 0 Å². The summed E-state index contributed by atoms with van der Waals surface area (Å²) in [6.45, 7) is 0. The molecular formula is C26H18N2. The highest BCUT2D eigenvalue weighted by atomic mass is 15.2. The maximum absolute atomic E-state index is 4.74. The largest absolute Gasteiger partial charge is 0.307 e. The fourth-order valence-corrected chi connectivity index (χ4v) is 5.37. The van der Waals surface area contributed by atoms with E-state index >= 15 is 0 Å². The molecule has 28 heavy (non-hydrogen) atoms. The Morgan fingerprint density at radius 2 is 1.36 bits per heavy atom. The lowest BCUT2D eigenvalue weighted by molar-refractivity contribution is 0.971. The van der Waals surface area contributed by atoms with Crippen molar-refractivity contribution < 1.29 is 0 Å². The van der Waals surface area contributed by atoms with Gasteiger partial charge in [-0.2, -0.15) is 0 Å². The third-order valence-corrected chi connectivity index (χ3v) is 6.51. The van der Waals surface area contributed by atoms with Crippen LogP contribution in [-0.4, -0.2) is 4.98 Å². The molecule has 0 unspecified atom stereocenters. The van der Waals surface area contributed by atoms with Crippen LogP contribution < -0.4 is 4.90 Å². The Balaban J connectivity index is 1.60. The van der Waals surface area contributed by atoms with Crippen molar-refractivity contribution in [2.45, 2.75) is 19.3 Å². The summed E-state index contributed by atoms with van der Waals surface area (Å²) < 4.78 is 0. The molecule has 132 valence electrons. The first-order chi connectivity index (χ1) is 13.9. The van der Waals surface area contributed by atoms with Gasteiger partial charge < -0.3 is 4.90 Å². The number of rotatable bonds is 0. The van der Waals surface area contributed by atoms with Gasteiger partial charge in [0.2, 0.25) is 0 Å². The Kier molecular flexibility index (Phi) is 2.67. The number of nitrogens with zero attached hydrogens (tertiary/aromatic N) is 2. The minimum Gasteiger partial charge on any atom is -0.307 e. The first-order valence-electron chi connectivity index (χ1n) is 9.96. The molecule has 1 aliphatic carbocycles. The van der Waals surface area contributed by atoms with Crippen molar-refractivity contribution >= 4 is 17.1 Å². The number of para-hydroxylation sites is 1. The van der Waals surface area contributed by atoms with Gasteiger partial charge in [-0.1, -0.05) is 54.6 Å². The van der Waals surface area contributed by atoms with E-state index in [1.165, 1.54) is 61.7 Å². The van der Waals surface area contributed by atoms with E-state index in [9.17, 15) is 0 Å². The van der Waals surface area contributed by atoms with Gasteiger partial charge in [0.05, 0.1) is 22.8 Å². The van der Waals surface area contributed by atoms with Gasteiger partial charge in [-0.3, -0.25) is 4.98 Å². The van der Waals surface area contributed by atoms with Gasteiger partial charge in [0.1, 0.15) is 0 Å².